The van der Waals surface area contributed by atoms with Gasteiger partial charge in [-0.1, -0.05) is 0 Å². The largest absolute Gasteiger partial charge is 0.480 e. The average molecular weight is 295 g/mol. The quantitative estimate of drug-likeness (QED) is 0.793. The second-order valence-electron chi connectivity index (χ2n) is 6.81. The van der Waals surface area contributed by atoms with Gasteiger partial charge in [0.15, 0.2) is 0 Å². The van der Waals surface area contributed by atoms with E-state index in [4.69, 9.17) is 5.11 Å². The lowest BCUT2D eigenvalue weighted by atomic mass is 10.0. The highest BCUT2D eigenvalue weighted by Gasteiger charge is 2.53. The first kappa shape index (κ1) is 14.6. The molecule has 3 aliphatic rings. The summed E-state index contributed by atoms with van der Waals surface area (Å²) in [5, 5.41) is 11.9. The summed E-state index contributed by atoms with van der Waals surface area (Å²) in [6.45, 7) is 3.63. The maximum atomic E-state index is 12.3. The van der Waals surface area contributed by atoms with Crippen LogP contribution in [0.2, 0.25) is 0 Å². The number of nitrogens with one attached hydrogen (secondary N) is 1. The van der Waals surface area contributed by atoms with Gasteiger partial charge in [0.1, 0.15) is 0 Å². The molecule has 3 rings (SSSR count). The zero-order valence-electron chi connectivity index (χ0n) is 12.5. The molecule has 2 amide bonds. The van der Waals surface area contributed by atoms with Gasteiger partial charge in [0.25, 0.3) is 0 Å². The summed E-state index contributed by atoms with van der Waals surface area (Å²) in [5.41, 5.74) is 0.427. The van der Waals surface area contributed by atoms with E-state index in [0.29, 0.717) is 18.5 Å². The van der Waals surface area contributed by atoms with E-state index in [1.807, 2.05) is 9.80 Å². The van der Waals surface area contributed by atoms with Crippen LogP contribution >= 0.6 is 0 Å². The van der Waals surface area contributed by atoms with Gasteiger partial charge in [0, 0.05) is 32.7 Å². The maximum Gasteiger partial charge on any atom is 0.317 e. The Balaban J connectivity index is 1.43. The van der Waals surface area contributed by atoms with Gasteiger partial charge in [-0.15, -0.1) is 0 Å². The molecule has 0 radical (unpaired) electrons. The summed E-state index contributed by atoms with van der Waals surface area (Å²) in [4.78, 5) is 26.8. The molecule has 0 bridgehead atoms. The lowest BCUT2D eigenvalue weighted by Gasteiger charge is -2.23. The number of hydrogen-bond donors (Lipinski definition) is 2. The average Bonchev–Trinajstić information content (AvgIpc) is 3.29. The Morgan fingerprint density at radius 3 is 2.52 bits per heavy atom. The number of rotatable bonds is 5. The van der Waals surface area contributed by atoms with Gasteiger partial charge < -0.3 is 15.3 Å². The minimum Gasteiger partial charge on any atom is -0.480 e. The van der Waals surface area contributed by atoms with Crippen LogP contribution in [0.15, 0.2) is 0 Å². The number of carboxylic acid groups (broad SMARTS) is 1. The predicted octanol–water partition coefficient (Wildman–Crippen LogP) is 0.978. The number of carbonyl (C=O) groups excluding carboxylic acids is 1. The third-order valence-corrected chi connectivity index (χ3v) is 5.16. The summed E-state index contributed by atoms with van der Waals surface area (Å²) in [6.07, 6.45) is 6.05. The van der Waals surface area contributed by atoms with Crippen LogP contribution in [-0.4, -0.2) is 66.2 Å². The van der Waals surface area contributed by atoms with Crippen molar-refractivity contribution in [1.29, 1.82) is 0 Å². The minimum absolute atomic E-state index is 0.0269. The van der Waals surface area contributed by atoms with E-state index >= 15 is 0 Å². The topological polar surface area (TPSA) is 72.9 Å². The molecule has 3 fully saturated rings. The van der Waals surface area contributed by atoms with Crippen LogP contribution in [0.4, 0.5) is 4.79 Å². The molecule has 0 atom stereocenters. The summed E-state index contributed by atoms with van der Waals surface area (Å²) in [6, 6.07) is 0.0269. The van der Waals surface area contributed by atoms with Crippen LogP contribution in [0.3, 0.4) is 0 Å². The number of amides is 2. The molecule has 0 aromatic rings. The third kappa shape index (κ3) is 3.67. The van der Waals surface area contributed by atoms with Crippen molar-refractivity contribution >= 4 is 12.0 Å². The van der Waals surface area contributed by atoms with Crippen molar-refractivity contribution in [3.05, 3.63) is 0 Å². The van der Waals surface area contributed by atoms with Gasteiger partial charge in [0.2, 0.25) is 0 Å². The van der Waals surface area contributed by atoms with Gasteiger partial charge in [-0.05, 0) is 43.4 Å². The van der Waals surface area contributed by atoms with Crippen molar-refractivity contribution in [3.8, 4) is 0 Å². The Bertz CT molecular complexity index is 418. The highest BCUT2D eigenvalue weighted by atomic mass is 16.4. The van der Waals surface area contributed by atoms with Gasteiger partial charge in [-0.25, -0.2) is 4.79 Å². The maximum absolute atomic E-state index is 12.3. The van der Waals surface area contributed by atoms with E-state index in [1.165, 1.54) is 25.7 Å². The van der Waals surface area contributed by atoms with Gasteiger partial charge in [-0.3, -0.25) is 9.69 Å². The minimum atomic E-state index is -0.798. The normalized spacial score (nSPS) is 25.2. The first-order chi connectivity index (χ1) is 10.1. The Morgan fingerprint density at radius 2 is 1.90 bits per heavy atom. The number of hydrogen-bond acceptors (Lipinski definition) is 3. The summed E-state index contributed by atoms with van der Waals surface area (Å²) in [7, 11) is 0. The molecule has 0 aromatic heterocycles. The molecule has 118 valence electrons. The summed E-state index contributed by atoms with van der Waals surface area (Å²) >= 11 is 0. The van der Waals surface area contributed by atoms with E-state index in [1.54, 1.807) is 0 Å². The SMILES string of the molecule is O=C(O)CN1CCCN(C(=O)NCC2(C3CC3)CC2)CC1. The molecule has 1 saturated heterocycles. The number of carboxylic acids is 1. The first-order valence-electron chi connectivity index (χ1n) is 8.06. The van der Waals surface area contributed by atoms with Crippen molar-refractivity contribution in [1.82, 2.24) is 15.1 Å². The Labute approximate surface area is 125 Å². The van der Waals surface area contributed by atoms with Crippen molar-refractivity contribution in [3.63, 3.8) is 0 Å². The van der Waals surface area contributed by atoms with E-state index in [-0.39, 0.29) is 12.6 Å². The van der Waals surface area contributed by atoms with Crippen LogP contribution in [0.5, 0.6) is 0 Å². The Hall–Kier alpha value is -1.30. The van der Waals surface area contributed by atoms with E-state index in [2.05, 4.69) is 5.32 Å². The lowest BCUT2D eigenvalue weighted by Crippen LogP contribution is -2.44. The van der Waals surface area contributed by atoms with E-state index < -0.39 is 5.97 Å². The molecule has 1 heterocycles. The lowest BCUT2D eigenvalue weighted by molar-refractivity contribution is -0.138. The zero-order chi connectivity index (χ0) is 14.9. The van der Waals surface area contributed by atoms with Gasteiger partial charge >= 0.3 is 12.0 Å². The second kappa shape index (κ2) is 5.83. The molecule has 0 unspecified atom stereocenters. The molecule has 2 N–H and O–H groups in total. The van der Waals surface area contributed by atoms with Crippen molar-refractivity contribution in [2.24, 2.45) is 11.3 Å². The number of carbonyl (C=O) groups is 2. The highest BCUT2D eigenvalue weighted by molar-refractivity contribution is 5.74. The second-order valence-corrected chi connectivity index (χ2v) is 6.81. The highest BCUT2D eigenvalue weighted by Crippen LogP contribution is 2.60. The predicted molar refractivity (Wildman–Crippen MR) is 78.1 cm³/mol. The van der Waals surface area contributed by atoms with Gasteiger partial charge in [0.05, 0.1) is 6.54 Å². The number of aliphatic carboxylic acids is 1. The smallest absolute Gasteiger partial charge is 0.317 e. The summed E-state index contributed by atoms with van der Waals surface area (Å²) in [5.74, 6) is 0.0565. The zero-order valence-corrected chi connectivity index (χ0v) is 12.5. The van der Waals surface area contributed by atoms with Crippen molar-refractivity contribution in [2.75, 3.05) is 39.3 Å². The first-order valence-corrected chi connectivity index (χ1v) is 8.06. The van der Waals surface area contributed by atoms with E-state index in [9.17, 15) is 9.59 Å². The fourth-order valence-electron chi connectivity index (χ4n) is 3.47. The molecule has 6 heteroatoms. The van der Waals surface area contributed by atoms with Crippen molar-refractivity contribution in [2.45, 2.75) is 32.1 Å². The standard InChI is InChI=1S/C15H25N3O3/c19-13(20)10-17-6-1-7-18(9-8-17)14(21)16-11-15(4-5-15)12-2-3-12/h12H,1-11H2,(H,16,21)(H,19,20). The molecule has 6 nitrogen and oxygen atoms in total. The Morgan fingerprint density at radius 1 is 1.14 bits per heavy atom. The van der Waals surface area contributed by atoms with Crippen LogP contribution in [0.1, 0.15) is 32.1 Å². The fourth-order valence-corrected chi connectivity index (χ4v) is 3.47. The monoisotopic (exact) mass is 295 g/mol. The third-order valence-electron chi connectivity index (χ3n) is 5.16. The molecule has 0 aromatic carbocycles. The molecular formula is C15H25N3O3. The summed E-state index contributed by atoms with van der Waals surface area (Å²) < 4.78 is 0. The van der Waals surface area contributed by atoms with Crippen LogP contribution < -0.4 is 5.32 Å². The molecule has 2 aliphatic carbocycles. The van der Waals surface area contributed by atoms with Gasteiger partial charge in [-0.2, -0.15) is 0 Å². The number of nitrogens with zero attached hydrogens (tertiary/aromatic N) is 2. The Kier molecular flexibility index (Phi) is 4.06. The molecule has 2 saturated carbocycles. The fraction of sp³-hybridized carbons (Fsp3) is 0.867. The number of urea groups is 1. The van der Waals surface area contributed by atoms with Crippen LogP contribution in [-0.2, 0) is 4.79 Å². The van der Waals surface area contributed by atoms with Crippen molar-refractivity contribution < 1.29 is 14.7 Å². The molecular weight excluding hydrogens is 270 g/mol. The van der Waals surface area contributed by atoms with Crippen LogP contribution in [0, 0.1) is 11.3 Å². The van der Waals surface area contributed by atoms with Crippen LogP contribution in [0.25, 0.3) is 0 Å². The molecule has 21 heavy (non-hydrogen) atoms. The van der Waals surface area contributed by atoms with E-state index in [0.717, 1.165) is 32.0 Å². The molecule has 1 aliphatic heterocycles. The molecule has 0 spiro atoms.